The summed E-state index contributed by atoms with van der Waals surface area (Å²) >= 11 is 0. The third-order valence-electron chi connectivity index (χ3n) is 2.87. The zero-order chi connectivity index (χ0) is 13.5. The molecule has 0 saturated carbocycles. The van der Waals surface area contributed by atoms with Crippen molar-refractivity contribution in [3.05, 3.63) is 48.4 Å². The van der Waals surface area contributed by atoms with Gasteiger partial charge in [0.1, 0.15) is 5.82 Å². The molecule has 2 aromatic heterocycles. The Hall–Kier alpha value is -2.10. The largest absolute Gasteiger partial charge is 0.370 e. The highest BCUT2D eigenvalue weighted by Crippen LogP contribution is 2.17. The zero-order valence-electron chi connectivity index (χ0n) is 11.5. The molecule has 0 radical (unpaired) electrons. The summed E-state index contributed by atoms with van der Waals surface area (Å²) in [5.74, 6) is 0.923. The Morgan fingerprint density at radius 3 is 2.79 bits per heavy atom. The van der Waals surface area contributed by atoms with Crippen molar-refractivity contribution < 1.29 is 0 Å². The molecule has 2 aromatic rings. The van der Waals surface area contributed by atoms with Gasteiger partial charge in [-0.1, -0.05) is 13.0 Å². The first-order valence-electron chi connectivity index (χ1n) is 6.60. The van der Waals surface area contributed by atoms with Crippen molar-refractivity contribution >= 4 is 11.5 Å². The second-order valence-electron chi connectivity index (χ2n) is 4.50. The Morgan fingerprint density at radius 1 is 1.16 bits per heavy atom. The van der Waals surface area contributed by atoms with Crippen LogP contribution in [0, 0.1) is 0 Å². The number of anilines is 2. The smallest absolute Gasteiger partial charge is 0.127 e. The van der Waals surface area contributed by atoms with Crippen LogP contribution in [0.25, 0.3) is 0 Å². The van der Waals surface area contributed by atoms with Gasteiger partial charge in [-0.3, -0.25) is 4.98 Å². The Kier molecular flexibility index (Phi) is 4.72. The lowest BCUT2D eigenvalue weighted by atomic mass is 10.3. The number of nitrogens with zero attached hydrogens (tertiary/aromatic N) is 3. The third kappa shape index (κ3) is 3.95. The minimum atomic E-state index is 0.790. The molecule has 4 nitrogen and oxygen atoms in total. The highest BCUT2D eigenvalue weighted by molar-refractivity contribution is 5.53. The number of nitrogens with one attached hydrogen (secondary N) is 1. The number of pyridine rings is 2. The maximum Gasteiger partial charge on any atom is 0.127 e. The molecule has 19 heavy (non-hydrogen) atoms. The van der Waals surface area contributed by atoms with Gasteiger partial charge in [-0.2, -0.15) is 0 Å². The van der Waals surface area contributed by atoms with Gasteiger partial charge in [-0.05, 0) is 24.6 Å². The average Bonchev–Trinajstić information content (AvgIpc) is 2.46. The van der Waals surface area contributed by atoms with E-state index in [4.69, 9.17) is 0 Å². The van der Waals surface area contributed by atoms with Crippen LogP contribution >= 0.6 is 0 Å². The first-order valence-corrected chi connectivity index (χ1v) is 6.60. The van der Waals surface area contributed by atoms with Crippen LogP contribution in [-0.4, -0.2) is 23.6 Å². The minimum Gasteiger partial charge on any atom is -0.370 e. The number of hydrogen-bond donors (Lipinski definition) is 1. The molecule has 1 N–H and O–H groups in total. The van der Waals surface area contributed by atoms with Crippen molar-refractivity contribution in [3.8, 4) is 0 Å². The molecule has 0 fully saturated rings. The fourth-order valence-electron chi connectivity index (χ4n) is 1.83. The quantitative estimate of drug-likeness (QED) is 0.862. The molecule has 2 heterocycles. The molecule has 0 aliphatic carbocycles. The summed E-state index contributed by atoms with van der Waals surface area (Å²) in [4.78, 5) is 10.8. The van der Waals surface area contributed by atoms with Gasteiger partial charge in [0.25, 0.3) is 0 Å². The molecular weight excluding hydrogens is 236 g/mol. The standard InChI is InChI=1S/C15H20N4/c1-3-8-17-15-11-14(7-10-18-15)19(2)12-13-6-4-5-9-16-13/h4-7,9-11H,3,8,12H2,1-2H3,(H,17,18). The van der Waals surface area contributed by atoms with Crippen LogP contribution in [0.4, 0.5) is 11.5 Å². The van der Waals surface area contributed by atoms with Crippen LogP contribution in [0.3, 0.4) is 0 Å². The molecule has 0 bridgehead atoms. The van der Waals surface area contributed by atoms with Crippen LogP contribution in [0.15, 0.2) is 42.7 Å². The maximum atomic E-state index is 4.34. The molecule has 0 spiro atoms. The van der Waals surface area contributed by atoms with Crippen LogP contribution in [0.2, 0.25) is 0 Å². The van der Waals surface area contributed by atoms with E-state index in [1.165, 1.54) is 0 Å². The summed E-state index contributed by atoms with van der Waals surface area (Å²) in [7, 11) is 2.06. The predicted octanol–water partition coefficient (Wildman–Crippen LogP) is 2.93. The maximum absolute atomic E-state index is 4.34. The van der Waals surface area contributed by atoms with E-state index >= 15 is 0 Å². The molecular formula is C15H20N4. The Labute approximate surface area is 114 Å². The minimum absolute atomic E-state index is 0.790. The predicted molar refractivity (Wildman–Crippen MR) is 79.4 cm³/mol. The Morgan fingerprint density at radius 2 is 2.05 bits per heavy atom. The molecule has 4 heteroatoms. The first kappa shape index (κ1) is 13.3. The molecule has 100 valence electrons. The zero-order valence-corrected chi connectivity index (χ0v) is 11.5. The van der Waals surface area contributed by atoms with E-state index in [1.54, 1.807) is 0 Å². The van der Waals surface area contributed by atoms with Crippen molar-refractivity contribution in [2.45, 2.75) is 19.9 Å². The van der Waals surface area contributed by atoms with Crippen molar-refractivity contribution in [2.75, 3.05) is 23.8 Å². The molecule has 0 aliphatic rings. The molecule has 0 aliphatic heterocycles. The van der Waals surface area contributed by atoms with Gasteiger partial charge in [-0.15, -0.1) is 0 Å². The monoisotopic (exact) mass is 256 g/mol. The summed E-state index contributed by atoms with van der Waals surface area (Å²) in [6.07, 6.45) is 4.75. The van der Waals surface area contributed by atoms with Crippen molar-refractivity contribution in [3.63, 3.8) is 0 Å². The molecule has 0 amide bonds. The second-order valence-corrected chi connectivity index (χ2v) is 4.50. The lowest BCUT2D eigenvalue weighted by Gasteiger charge is -2.19. The van der Waals surface area contributed by atoms with E-state index in [1.807, 2.05) is 36.7 Å². The first-order chi connectivity index (χ1) is 9.29. The molecule has 0 aromatic carbocycles. The van der Waals surface area contributed by atoms with Gasteiger partial charge in [0.15, 0.2) is 0 Å². The van der Waals surface area contributed by atoms with E-state index in [9.17, 15) is 0 Å². The van der Waals surface area contributed by atoms with Gasteiger partial charge in [-0.25, -0.2) is 4.98 Å². The Balaban J connectivity index is 2.04. The lowest BCUT2D eigenvalue weighted by Crippen LogP contribution is -2.17. The van der Waals surface area contributed by atoms with E-state index in [0.717, 1.165) is 36.7 Å². The highest BCUT2D eigenvalue weighted by Gasteiger charge is 2.04. The highest BCUT2D eigenvalue weighted by atomic mass is 15.1. The van der Waals surface area contributed by atoms with Crippen LogP contribution < -0.4 is 10.2 Å². The fraction of sp³-hybridized carbons (Fsp3) is 0.333. The molecule has 0 unspecified atom stereocenters. The third-order valence-corrected chi connectivity index (χ3v) is 2.87. The van der Waals surface area contributed by atoms with Crippen molar-refractivity contribution in [2.24, 2.45) is 0 Å². The lowest BCUT2D eigenvalue weighted by molar-refractivity contribution is 0.882. The summed E-state index contributed by atoms with van der Waals surface area (Å²) in [5, 5.41) is 3.30. The number of rotatable bonds is 6. The second kappa shape index (κ2) is 6.73. The van der Waals surface area contributed by atoms with Crippen LogP contribution in [-0.2, 0) is 6.54 Å². The van der Waals surface area contributed by atoms with Crippen LogP contribution in [0.5, 0.6) is 0 Å². The van der Waals surface area contributed by atoms with Crippen molar-refractivity contribution in [1.82, 2.24) is 9.97 Å². The summed E-state index contributed by atoms with van der Waals surface area (Å²) in [5.41, 5.74) is 2.20. The van der Waals surface area contributed by atoms with E-state index in [-0.39, 0.29) is 0 Å². The molecule has 0 saturated heterocycles. The van der Waals surface area contributed by atoms with Gasteiger partial charge in [0.05, 0.1) is 12.2 Å². The van der Waals surface area contributed by atoms with Gasteiger partial charge >= 0.3 is 0 Å². The molecule has 2 rings (SSSR count). The van der Waals surface area contributed by atoms with Gasteiger partial charge in [0.2, 0.25) is 0 Å². The van der Waals surface area contributed by atoms with Gasteiger partial charge < -0.3 is 10.2 Å². The summed E-state index contributed by atoms with van der Waals surface area (Å²) in [6, 6.07) is 10.1. The molecule has 0 atom stereocenters. The normalized spacial score (nSPS) is 10.2. The fourth-order valence-corrected chi connectivity index (χ4v) is 1.83. The Bertz CT molecular complexity index is 499. The van der Waals surface area contributed by atoms with E-state index < -0.39 is 0 Å². The van der Waals surface area contributed by atoms with E-state index in [2.05, 4.69) is 40.2 Å². The number of aromatic nitrogens is 2. The number of hydrogen-bond acceptors (Lipinski definition) is 4. The topological polar surface area (TPSA) is 41.0 Å². The summed E-state index contributed by atoms with van der Waals surface area (Å²) < 4.78 is 0. The SMILES string of the molecule is CCCNc1cc(N(C)Cc2ccccn2)ccn1. The summed E-state index contributed by atoms with van der Waals surface area (Å²) in [6.45, 7) is 3.88. The van der Waals surface area contributed by atoms with Crippen molar-refractivity contribution in [1.29, 1.82) is 0 Å². The van der Waals surface area contributed by atoms with Gasteiger partial charge in [0, 0.05) is 37.7 Å². The van der Waals surface area contributed by atoms with E-state index in [0.29, 0.717) is 0 Å². The average molecular weight is 256 g/mol. The van der Waals surface area contributed by atoms with Crippen LogP contribution in [0.1, 0.15) is 19.0 Å².